The minimum absolute atomic E-state index is 0.0857. The highest BCUT2D eigenvalue weighted by molar-refractivity contribution is 9.10. The van der Waals surface area contributed by atoms with Crippen LogP contribution in [0.4, 0.5) is 5.69 Å². The van der Waals surface area contributed by atoms with E-state index in [9.17, 15) is 14.9 Å². The Morgan fingerprint density at radius 1 is 1.45 bits per heavy atom. The molecule has 5 nitrogen and oxygen atoms in total. The van der Waals surface area contributed by atoms with Gasteiger partial charge in [-0.1, -0.05) is 13.3 Å². The van der Waals surface area contributed by atoms with Crippen LogP contribution in [0.1, 0.15) is 43.0 Å². The van der Waals surface area contributed by atoms with Crippen molar-refractivity contribution in [2.75, 3.05) is 0 Å². The van der Waals surface area contributed by atoms with Gasteiger partial charge in [0.15, 0.2) is 0 Å². The molecule has 1 aliphatic carbocycles. The maximum Gasteiger partial charge on any atom is 0.339 e. The summed E-state index contributed by atoms with van der Waals surface area (Å²) in [4.78, 5) is 22.4. The average Bonchev–Trinajstić information content (AvgIpc) is 2.38. The molecule has 1 saturated carbocycles. The number of halogens is 1. The number of non-ortho nitro benzene ring substituents is 1. The van der Waals surface area contributed by atoms with E-state index in [1.165, 1.54) is 18.2 Å². The number of hydrogen-bond acceptors (Lipinski definition) is 4. The summed E-state index contributed by atoms with van der Waals surface area (Å²) in [5, 5.41) is 10.8. The molecule has 2 atom stereocenters. The second-order valence-corrected chi connectivity index (χ2v) is 6.07. The Labute approximate surface area is 125 Å². The van der Waals surface area contributed by atoms with E-state index in [4.69, 9.17) is 4.74 Å². The molecule has 0 aliphatic heterocycles. The van der Waals surface area contributed by atoms with Gasteiger partial charge in [0.2, 0.25) is 0 Å². The van der Waals surface area contributed by atoms with Crippen molar-refractivity contribution in [1.82, 2.24) is 0 Å². The lowest BCUT2D eigenvalue weighted by Gasteiger charge is -2.26. The lowest BCUT2D eigenvalue weighted by molar-refractivity contribution is -0.384. The molecule has 1 aliphatic rings. The summed E-state index contributed by atoms with van der Waals surface area (Å²) < 4.78 is 5.98. The van der Waals surface area contributed by atoms with E-state index in [0.717, 1.165) is 25.7 Å². The van der Waals surface area contributed by atoms with Crippen molar-refractivity contribution < 1.29 is 14.5 Å². The monoisotopic (exact) mass is 341 g/mol. The minimum atomic E-state index is -0.522. The van der Waals surface area contributed by atoms with Gasteiger partial charge < -0.3 is 4.74 Å². The number of nitro benzene ring substituents is 1. The highest BCUT2D eigenvalue weighted by Crippen LogP contribution is 2.28. The molecule has 0 saturated heterocycles. The summed E-state index contributed by atoms with van der Waals surface area (Å²) >= 11 is 3.23. The lowest BCUT2D eigenvalue weighted by atomic mass is 9.89. The van der Waals surface area contributed by atoms with Crippen molar-refractivity contribution in [3.63, 3.8) is 0 Å². The number of hydrogen-bond donors (Lipinski definition) is 0. The van der Waals surface area contributed by atoms with Crippen LogP contribution < -0.4 is 0 Å². The second-order valence-electron chi connectivity index (χ2n) is 5.22. The van der Waals surface area contributed by atoms with Crippen LogP contribution in [0.25, 0.3) is 0 Å². The van der Waals surface area contributed by atoms with E-state index in [0.29, 0.717) is 10.4 Å². The van der Waals surface area contributed by atoms with Gasteiger partial charge in [-0.15, -0.1) is 0 Å². The molecule has 0 amide bonds. The molecule has 2 unspecified atom stereocenters. The minimum Gasteiger partial charge on any atom is -0.459 e. The maximum absolute atomic E-state index is 12.1. The number of nitrogens with zero attached hydrogens (tertiary/aromatic N) is 1. The Morgan fingerprint density at radius 2 is 2.20 bits per heavy atom. The van der Waals surface area contributed by atoms with Crippen LogP contribution in [-0.4, -0.2) is 17.0 Å². The highest BCUT2D eigenvalue weighted by Gasteiger charge is 2.24. The van der Waals surface area contributed by atoms with Crippen molar-refractivity contribution in [1.29, 1.82) is 0 Å². The molecule has 0 aromatic heterocycles. The zero-order chi connectivity index (χ0) is 14.7. The number of carbonyl (C=O) groups excluding carboxylic acids is 1. The third-order valence-corrected chi connectivity index (χ3v) is 4.23. The third-order valence-electron chi connectivity index (χ3n) is 3.54. The summed E-state index contributed by atoms with van der Waals surface area (Å²) in [6.45, 7) is 2.14. The normalized spacial score (nSPS) is 22.3. The molecule has 2 rings (SSSR count). The van der Waals surface area contributed by atoms with E-state index in [1.54, 1.807) is 0 Å². The summed E-state index contributed by atoms with van der Waals surface area (Å²) in [7, 11) is 0. The van der Waals surface area contributed by atoms with E-state index < -0.39 is 10.9 Å². The van der Waals surface area contributed by atoms with E-state index >= 15 is 0 Å². The van der Waals surface area contributed by atoms with Gasteiger partial charge in [-0.3, -0.25) is 10.1 Å². The Bertz CT molecular complexity index is 532. The molecule has 20 heavy (non-hydrogen) atoms. The Hall–Kier alpha value is -1.43. The van der Waals surface area contributed by atoms with Crippen molar-refractivity contribution in [3.8, 4) is 0 Å². The van der Waals surface area contributed by atoms with Gasteiger partial charge in [0.05, 0.1) is 10.5 Å². The SMILES string of the molecule is CC1CCCC(OC(=O)c2cc([N+](=O)[O-])ccc2Br)C1. The fourth-order valence-corrected chi connectivity index (χ4v) is 2.89. The summed E-state index contributed by atoms with van der Waals surface area (Å²) in [6, 6.07) is 4.10. The van der Waals surface area contributed by atoms with Gasteiger partial charge in [-0.2, -0.15) is 0 Å². The molecule has 1 aromatic carbocycles. The van der Waals surface area contributed by atoms with Gasteiger partial charge in [0.25, 0.3) is 5.69 Å². The van der Waals surface area contributed by atoms with Gasteiger partial charge in [0, 0.05) is 16.6 Å². The van der Waals surface area contributed by atoms with Gasteiger partial charge in [-0.25, -0.2) is 4.79 Å². The first-order chi connectivity index (χ1) is 9.47. The first-order valence-electron chi connectivity index (χ1n) is 6.62. The highest BCUT2D eigenvalue weighted by atomic mass is 79.9. The largest absolute Gasteiger partial charge is 0.459 e. The van der Waals surface area contributed by atoms with Crippen LogP contribution in [0.15, 0.2) is 22.7 Å². The van der Waals surface area contributed by atoms with E-state index in [1.807, 2.05) is 0 Å². The Morgan fingerprint density at radius 3 is 2.85 bits per heavy atom. The van der Waals surface area contributed by atoms with E-state index in [2.05, 4.69) is 22.9 Å². The number of esters is 1. The molecule has 0 radical (unpaired) electrons. The standard InChI is InChI=1S/C14H16BrNO4/c1-9-3-2-4-11(7-9)20-14(17)12-8-10(16(18)19)5-6-13(12)15/h5-6,8-9,11H,2-4,7H2,1H3. The Kier molecular flexibility index (Phi) is 4.75. The van der Waals surface area contributed by atoms with Crippen molar-refractivity contribution in [2.45, 2.75) is 38.7 Å². The second kappa shape index (κ2) is 6.35. The van der Waals surface area contributed by atoms with Crippen molar-refractivity contribution in [2.24, 2.45) is 5.92 Å². The van der Waals surface area contributed by atoms with Crippen LogP contribution in [0, 0.1) is 16.0 Å². The van der Waals surface area contributed by atoms with Gasteiger partial charge in [-0.05, 0) is 47.2 Å². The van der Waals surface area contributed by atoms with Crippen LogP contribution in [0.5, 0.6) is 0 Å². The van der Waals surface area contributed by atoms with Crippen molar-refractivity contribution >= 4 is 27.6 Å². The van der Waals surface area contributed by atoms with Gasteiger partial charge >= 0.3 is 5.97 Å². The number of ether oxygens (including phenoxy) is 1. The zero-order valence-electron chi connectivity index (χ0n) is 11.2. The summed E-state index contributed by atoms with van der Waals surface area (Å²) in [6.07, 6.45) is 3.85. The lowest BCUT2D eigenvalue weighted by Crippen LogP contribution is -2.24. The number of rotatable bonds is 3. The number of carbonyl (C=O) groups is 1. The smallest absolute Gasteiger partial charge is 0.339 e. The van der Waals surface area contributed by atoms with E-state index in [-0.39, 0.29) is 17.4 Å². The fourth-order valence-electron chi connectivity index (χ4n) is 2.48. The molecule has 108 valence electrons. The average molecular weight is 342 g/mol. The molecule has 0 heterocycles. The molecule has 0 N–H and O–H groups in total. The van der Waals surface area contributed by atoms with Crippen LogP contribution in [-0.2, 0) is 4.74 Å². The topological polar surface area (TPSA) is 69.4 Å². The molecular weight excluding hydrogens is 326 g/mol. The number of nitro groups is 1. The van der Waals surface area contributed by atoms with Gasteiger partial charge in [0.1, 0.15) is 6.10 Å². The van der Waals surface area contributed by atoms with Crippen LogP contribution in [0.2, 0.25) is 0 Å². The molecule has 0 bridgehead atoms. The summed E-state index contributed by atoms with van der Waals surface area (Å²) in [5.74, 6) is 0.0507. The quantitative estimate of drug-likeness (QED) is 0.471. The first-order valence-corrected chi connectivity index (χ1v) is 7.41. The third kappa shape index (κ3) is 3.56. The van der Waals surface area contributed by atoms with Crippen LogP contribution in [0.3, 0.4) is 0 Å². The summed E-state index contributed by atoms with van der Waals surface area (Å²) in [5.41, 5.74) is 0.0922. The van der Waals surface area contributed by atoms with Crippen molar-refractivity contribution in [3.05, 3.63) is 38.3 Å². The molecule has 6 heteroatoms. The molecule has 1 fully saturated rings. The Balaban J connectivity index is 2.12. The predicted molar refractivity (Wildman–Crippen MR) is 77.6 cm³/mol. The molecule has 1 aromatic rings. The fraction of sp³-hybridized carbons (Fsp3) is 0.500. The maximum atomic E-state index is 12.1. The zero-order valence-corrected chi connectivity index (χ0v) is 12.8. The van der Waals surface area contributed by atoms with Crippen LogP contribution >= 0.6 is 15.9 Å². The predicted octanol–water partition coefficient (Wildman–Crippen LogP) is 4.09. The number of benzene rings is 1. The first kappa shape index (κ1) is 15.0. The molecule has 0 spiro atoms. The molecular formula is C14H16BrNO4.